The highest BCUT2D eigenvalue weighted by molar-refractivity contribution is 5.46. The van der Waals surface area contributed by atoms with E-state index in [1.165, 1.54) is 65.5 Å². The van der Waals surface area contributed by atoms with E-state index < -0.39 is 0 Å². The summed E-state index contributed by atoms with van der Waals surface area (Å²) in [4.78, 5) is 0. The Morgan fingerprint density at radius 3 is 1.22 bits per heavy atom. The van der Waals surface area contributed by atoms with Crippen LogP contribution in [0.3, 0.4) is 0 Å². The van der Waals surface area contributed by atoms with E-state index in [1.54, 1.807) is 0 Å². The normalized spacial score (nSPS) is 14.9. The molecule has 0 N–H and O–H groups in total. The van der Waals surface area contributed by atoms with Crippen LogP contribution in [0.2, 0.25) is 0 Å². The van der Waals surface area contributed by atoms with Crippen molar-refractivity contribution < 1.29 is 9.47 Å². The van der Waals surface area contributed by atoms with Gasteiger partial charge in [-0.25, -0.2) is 0 Å². The Morgan fingerprint density at radius 1 is 0.444 bits per heavy atom. The molecular formula is C34H36O2. The lowest BCUT2D eigenvalue weighted by atomic mass is 9.65. The Bertz CT molecular complexity index is 1230. The topological polar surface area (TPSA) is 18.5 Å². The van der Waals surface area contributed by atoms with Gasteiger partial charge in [0.25, 0.3) is 0 Å². The van der Waals surface area contributed by atoms with Crippen molar-refractivity contribution in [2.45, 2.75) is 65.2 Å². The lowest BCUT2D eigenvalue weighted by Crippen LogP contribution is -2.30. The molecule has 0 bridgehead atoms. The zero-order valence-electron chi connectivity index (χ0n) is 21.9. The second-order valence-corrected chi connectivity index (χ2v) is 10.4. The first kappa shape index (κ1) is 24.2. The summed E-state index contributed by atoms with van der Waals surface area (Å²) in [6.07, 6.45) is 6.15. The molecule has 0 aromatic heterocycles. The van der Waals surface area contributed by atoms with Crippen LogP contribution < -0.4 is 9.47 Å². The molecule has 0 heterocycles. The van der Waals surface area contributed by atoms with Crippen LogP contribution in [0.25, 0.3) is 0 Å². The van der Waals surface area contributed by atoms with Crippen LogP contribution in [-0.2, 0) is 5.41 Å². The van der Waals surface area contributed by atoms with Crippen LogP contribution >= 0.6 is 0 Å². The first-order valence-corrected chi connectivity index (χ1v) is 13.1. The van der Waals surface area contributed by atoms with Gasteiger partial charge in [0.1, 0.15) is 23.0 Å². The summed E-state index contributed by atoms with van der Waals surface area (Å²) in [6.45, 7) is 8.49. The molecule has 2 heteroatoms. The summed E-state index contributed by atoms with van der Waals surface area (Å²) in [5, 5.41) is 0. The maximum Gasteiger partial charge on any atom is 0.127 e. The van der Waals surface area contributed by atoms with Crippen molar-refractivity contribution in [1.29, 1.82) is 0 Å². The van der Waals surface area contributed by atoms with E-state index in [4.69, 9.17) is 9.47 Å². The fourth-order valence-electron chi connectivity index (χ4n) is 5.41. The first-order valence-electron chi connectivity index (χ1n) is 13.1. The quantitative estimate of drug-likeness (QED) is 0.276. The maximum atomic E-state index is 6.17. The molecular weight excluding hydrogens is 440 g/mol. The summed E-state index contributed by atoms with van der Waals surface area (Å²) in [5.74, 6) is 3.53. The molecule has 0 atom stereocenters. The third-order valence-electron chi connectivity index (χ3n) is 7.95. The van der Waals surface area contributed by atoms with Gasteiger partial charge in [0.2, 0.25) is 0 Å². The van der Waals surface area contributed by atoms with Crippen LogP contribution in [0.1, 0.15) is 65.5 Å². The molecule has 2 nitrogen and oxygen atoms in total. The fourth-order valence-corrected chi connectivity index (χ4v) is 5.41. The number of hydrogen-bond donors (Lipinski definition) is 0. The number of hydrogen-bond acceptors (Lipinski definition) is 2. The van der Waals surface area contributed by atoms with Crippen molar-refractivity contribution in [3.63, 3.8) is 0 Å². The van der Waals surface area contributed by atoms with Gasteiger partial charge in [-0.3, -0.25) is 0 Å². The van der Waals surface area contributed by atoms with Gasteiger partial charge in [-0.05, 0) is 122 Å². The Morgan fingerprint density at radius 2 is 0.833 bits per heavy atom. The summed E-state index contributed by atoms with van der Waals surface area (Å²) >= 11 is 0. The standard InChI is InChI=1S/C34H36O2/c1-24-8-14-32(22-26(24)3)35-30-16-10-28(11-17-30)34(20-6-5-7-21-34)29-12-18-31(19-13-29)36-33-15-9-25(2)27(4)23-33/h8-19,22-23H,5-7,20-21H2,1-4H3. The molecule has 1 saturated carbocycles. The van der Waals surface area contributed by atoms with E-state index in [2.05, 4.69) is 100 Å². The molecule has 0 saturated heterocycles. The van der Waals surface area contributed by atoms with Gasteiger partial charge >= 0.3 is 0 Å². The van der Waals surface area contributed by atoms with Gasteiger partial charge in [0.05, 0.1) is 0 Å². The zero-order valence-corrected chi connectivity index (χ0v) is 21.9. The van der Waals surface area contributed by atoms with Gasteiger partial charge in [-0.15, -0.1) is 0 Å². The monoisotopic (exact) mass is 476 g/mol. The summed E-state index contributed by atoms with van der Waals surface area (Å²) in [6, 6.07) is 30.1. The van der Waals surface area contributed by atoms with E-state index in [9.17, 15) is 0 Å². The lowest BCUT2D eigenvalue weighted by molar-refractivity contribution is 0.345. The van der Waals surface area contributed by atoms with Crippen LogP contribution in [0.15, 0.2) is 84.9 Å². The van der Waals surface area contributed by atoms with Gasteiger partial charge in [0.15, 0.2) is 0 Å². The van der Waals surface area contributed by atoms with Crippen molar-refractivity contribution in [3.05, 3.63) is 118 Å². The number of rotatable bonds is 6. The highest BCUT2D eigenvalue weighted by Crippen LogP contribution is 2.46. The SMILES string of the molecule is Cc1ccc(Oc2ccc(C3(c4ccc(Oc5ccc(C)c(C)c5)cc4)CCCCC3)cc2)cc1C. The van der Waals surface area contributed by atoms with Crippen LogP contribution in [0, 0.1) is 27.7 Å². The summed E-state index contributed by atoms with van der Waals surface area (Å²) < 4.78 is 12.3. The number of ether oxygens (including phenoxy) is 2. The van der Waals surface area contributed by atoms with Gasteiger partial charge in [-0.2, -0.15) is 0 Å². The second-order valence-electron chi connectivity index (χ2n) is 10.4. The number of benzene rings is 4. The molecule has 0 unspecified atom stereocenters. The Labute approximate surface area is 215 Å². The van der Waals surface area contributed by atoms with Crippen molar-refractivity contribution in [1.82, 2.24) is 0 Å². The van der Waals surface area contributed by atoms with Crippen LogP contribution in [0.4, 0.5) is 0 Å². The molecule has 0 amide bonds. The Balaban J connectivity index is 1.38. The molecule has 1 aliphatic rings. The highest BCUT2D eigenvalue weighted by atomic mass is 16.5. The molecule has 0 spiro atoms. The van der Waals surface area contributed by atoms with Gasteiger partial charge < -0.3 is 9.47 Å². The van der Waals surface area contributed by atoms with E-state index in [1.807, 2.05) is 12.1 Å². The van der Waals surface area contributed by atoms with E-state index in [0.717, 1.165) is 23.0 Å². The summed E-state index contributed by atoms with van der Waals surface area (Å²) in [5.41, 5.74) is 7.83. The molecule has 1 aliphatic carbocycles. The van der Waals surface area contributed by atoms with Gasteiger partial charge in [0, 0.05) is 5.41 Å². The zero-order chi connectivity index (χ0) is 25.1. The van der Waals surface area contributed by atoms with Crippen LogP contribution in [0.5, 0.6) is 23.0 Å². The smallest absolute Gasteiger partial charge is 0.127 e. The molecule has 1 fully saturated rings. The largest absolute Gasteiger partial charge is 0.457 e. The van der Waals surface area contributed by atoms with Crippen molar-refractivity contribution in [2.24, 2.45) is 0 Å². The molecule has 0 aliphatic heterocycles. The third-order valence-corrected chi connectivity index (χ3v) is 7.95. The second kappa shape index (κ2) is 10.2. The fraction of sp³-hybridized carbons (Fsp3) is 0.294. The average molecular weight is 477 g/mol. The molecule has 5 rings (SSSR count). The molecule has 0 radical (unpaired) electrons. The maximum absolute atomic E-state index is 6.17. The van der Waals surface area contributed by atoms with E-state index in [-0.39, 0.29) is 5.41 Å². The predicted molar refractivity (Wildman–Crippen MR) is 149 cm³/mol. The molecule has 36 heavy (non-hydrogen) atoms. The Hall–Kier alpha value is -3.52. The third kappa shape index (κ3) is 5.04. The number of aryl methyl sites for hydroxylation is 4. The molecule has 4 aromatic rings. The van der Waals surface area contributed by atoms with Gasteiger partial charge in [-0.1, -0.05) is 55.7 Å². The van der Waals surface area contributed by atoms with E-state index >= 15 is 0 Å². The minimum absolute atomic E-state index is 0.0379. The van der Waals surface area contributed by atoms with Crippen molar-refractivity contribution in [3.8, 4) is 23.0 Å². The molecule has 4 aromatic carbocycles. The average Bonchev–Trinajstić information content (AvgIpc) is 2.90. The summed E-state index contributed by atoms with van der Waals surface area (Å²) in [7, 11) is 0. The van der Waals surface area contributed by atoms with Crippen molar-refractivity contribution >= 4 is 0 Å². The first-order chi connectivity index (χ1) is 17.4. The minimum atomic E-state index is 0.0379. The molecule has 184 valence electrons. The minimum Gasteiger partial charge on any atom is -0.457 e. The van der Waals surface area contributed by atoms with Crippen molar-refractivity contribution in [2.75, 3.05) is 0 Å². The lowest BCUT2D eigenvalue weighted by Gasteiger charge is -2.38. The Kier molecular flexibility index (Phi) is 6.87. The van der Waals surface area contributed by atoms with E-state index in [0.29, 0.717) is 0 Å². The predicted octanol–water partition coefficient (Wildman–Crippen LogP) is 9.76. The highest BCUT2D eigenvalue weighted by Gasteiger charge is 2.35. The van der Waals surface area contributed by atoms with Crippen LogP contribution in [-0.4, -0.2) is 0 Å².